The van der Waals surface area contributed by atoms with Gasteiger partial charge in [0, 0.05) is 28.5 Å². The number of fused-ring (bicyclic) bond motifs is 1. The summed E-state index contributed by atoms with van der Waals surface area (Å²) in [7, 11) is 0. The molecular formula is C25H20ClN3O4. The molecule has 0 aliphatic rings. The van der Waals surface area contributed by atoms with E-state index in [4.69, 9.17) is 16.3 Å². The molecule has 8 heteroatoms. The van der Waals surface area contributed by atoms with Crippen molar-refractivity contribution in [3.63, 3.8) is 0 Å². The Morgan fingerprint density at radius 3 is 2.61 bits per heavy atom. The molecule has 0 fully saturated rings. The molecule has 0 unspecified atom stereocenters. The molecule has 0 radical (unpaired) electrons. The first-order valence-corrected chi connectivity index (χ1v) is 10.7. The summed E-state index contributed by atoms with van der Waals surface area (Å²) in [6.07, 6.45) is 3.24. The summed E-state index contributed by atoms with van der Waals surface area (Å²) in [5.41, 5.74) is 2.29. The Balaban J connectivity index is 1.71. The SMILES string of the molecule is CCOC(=O)c1cc(C(=O)c2cccc(Cl)c2)n2ccc(C(=O)NCc3ccccn3)cc12. The number of carbonyl (C=O) groups excluding carboxylic acids is 3. The number of hydrogen-bond donors (Lipinski definition) is 1. The smallest absolute Gasteiger partial charge is 0.340 e. The van der Waals surface area contributed by atoms with E-state index in [0.29, 0.717) is 21.7 Å². The van der Waals surface area contributed by atoms with E-state index in [1.165, 1.54) is 6.07 Å². The first-order valence-electron chi connectivity index (χ1n) is 10.3. The fourth-order valence-electron chi connectivity index (χ4n) is 3.44. The number of rotatable bonds is 7. The van der Waals surface area contributed by atoms with Gasteiger partial charge in [0.05, 0.1) is 35.6 Å². The van der Waals surface area contributed by atoms with Crippen LogP contribution in [0.2, 0.25) is 5.02 Å². The van der Waals surface area contributed by atoms with E-state index in [-0.39, 0.29) is 36.1 Å². The van der Waals surface area contributed by atoms with E-state index in [1.807, 2.05) is 12.1 Å². The van der Waals surface area contributed by atoms with Crippen LogP contribution in [0.4, 0.5) is 0 Å². The van der Waals surface area contributed by atoms with Gasteiger partial charge >= 0.3 is 5.97 Å². The summed E-state index contributed by atoms with van der Waals surface area (Å²) >= 11 is 6.04. The zero-order valence-corrected chi connectivity index (χ0v) is 18.5. The highest BCUT2D eigenvalue weighted by atomic mass is 35.5. The number of hydrogen-bond acceptors (Lipinski definition) is 5. The molecule has 3 heterocycles. The lowest BCUT2D eigenvalue weighted by atomic mass is 10.1. The van der Waals surface area contributed by atoms with Crippen molar-refractivity contribution in [1.29, 1.82) is 0 Å². The van der Waals surface area contributed by atoms with Gasteiger partial charge in [0.25, 0.3) is 5.91 Å². The molecule has 166 valence electrons. The van der Waals surface area contributed by atoms with Gasteiger partial charge in [0.2, 0.25) is 5.78 Å². The van der Waals surface area contributed by atoms with Crippen LogP contribution in [-0.2, 0) is 11.3 Å². The second kappa shape index (κ2) is 9.67. The quantitative estimate of drug-likeness (QED) is 0.327. The van der Waals surface area contributed by atoms with Crippen molar-refractivity contribution in [2.45, 2.75) is 13.5 Å². The van der Waals surface area contributed by atoms with Crippen LogP contribution in [0.25, 0.3) is 5.52 Å². The molecule has 0 saturated heterocycles. The van der Waals surface area contributed by atoms with Gasteiger partial charge in [-0.2, -0.15) is 0 Å². The van der Waals surface area contributed by atoms with Gasteiger partial charge in [-0.05, 0) is 49.4 Å². The predicted molar refractivity (Wildman–Crippen MR) is 124 cm³/mol. The number of amides is 1. The van der Waals surface area contributed by atoms with Crippen LogP contribution in [0.3, 0.4) is 0 Å². The van der Waals surface area contributed by atoms with E-state index in [2.05, 4.69) is 10.3 Å². The number of ether oxygens (including phenoxy) is 1. The van der Waals surface area contributed by atoms with E-state index < -0.39 is 5.97 Å². The third kappa shape index (κ3) is 4.78. The molecule has 0 atom stereocenters. The Kier molecular flexibility index (Phi) is 6.51. The highest BCUT2D eigenvalue weighted by Crippen LogP contribution is 2.23. The number of ketones is 1. The molecule has 4 rings (SSSR count). The molecule has 0 aliphatic heterocycles. The zero-order valence-electron chi connectivity index (χ0n) is 17.7. The molecule has 0 spiro atoms. The fourth-order valence-corrected chi connectivity index (χ4v) is 3.63. The van der Waals surface area contributed by atoms with Crippen LogP contribution < -0.4 is 5.32 Å². The molecule has 0 saturated carbocycles. The Labute approximate surface area is 195 Å². The molecule has 33 heavy (non-hydrogen) atoms. The minimum atomic E-state index is -0.578. The lowest BCUT2D eigenvalue weighted by Gasteiger charge is -2.08. The Morgan fingerprint density at radius 1 is 1.03 bits per heavy atom. The Bertz CT molecular complexity index is 1350. The van der Waals surface area contributed by atoms with Crippen molar-refractivity contribution in [2.75, 3.05) is 6.61 Å². The van der Waals surface area contributed by atoms with Gasteiger partial charge in [-0.3, -0.25) is 14.6 Å². The van der Waals surface area contributed by atoms with E-state index in [0.717, 1.165) is 5.69 Å². The Hall–Kier alpha value is -3.97. The van der Waals surface area contributed by atoms with Crippen molar-refractivity contribution >= 4 is 34.8 Å². The molecule has 0 bridgehead atoms. The third-order valence-electron chi connectivity index (χ3n) is 5.00. The molecule has 1 N–H and O–H groups in total. The van der Waals surface area contributed by atoms with Gasteiger partial charge in [-0.25, -0.2) is 4.79 Å². The van der Waals surface area contributed by atoms with Crippen molar-refractivity contribution in [2.24, 2.45) is 0 Å². The van der Waals surface area contributed by atoms with Crippen molar-refractivity contribution < 1.29 is 19.1 Å². The summed E-state index contributed by atoms with van der Waals surface area (Å²) in [6.45, 7) is 2.14. The minimum absolute atomic E-state index is 0.179. The third-order valence-corrected chi connectivity index (χ3v) is 5.24. The number of esters is 1. The second-order valence-electron chi connectivity index (χ2n) is 7.18. The van der Waals surface area contributed by atoms with Crippen molar-refractivity contribution in [3.8, 4) is 0 Å². The van der Waals surface area contributed by atoms with Crippen LogP contribution in [0.5, 0.6) is 0 Å². The number of benzene rings is 1. The first-order chi connectivity index (χ1) is 16.0. The van der Waals surface area contributed by atoms with Crippen LogP contribution in [0, 0.1) is 0 Å². The first kappa shape index (κ1) is 22.2. The van der Waals surface area contributed by atoms with Crippen LogP contribution >= 0.6 is 11.6 Å². The number of nitrogens with zero attached hydrogens (tertiary/aromatic N) is 2. The number of carbonyl (C=O) groups is 3. The molecular weight excluding hydrogens is 442 g/mol. The van der Waals surface area contributed by atoms with Crippen LogP contribution in [0.15, 0.2) is 73.1 Å². The number of aromatic nitrogens is 2. The largest absolute Gasteiger partial charge is 0.462 e. The van der Waals surface area contributed by atoms with Crippen LogP contribution in [-0.4, -0.2) is 33.7 Å². The summed E-state index contributed by atoms with van der Waals surface area (Å²) in [4.78, 5) is 42.7. The second-order valence-corrected chi connectivity index (χ2v) is 7.61. The molecule has 4 aromatic rings. The van der Waals surface area contributed by atoms with E-state index in [1.54, 1.807) is 66.2 Å². The lowest BCUT2D eigenvalue weighted by molar-refractivity contribution is 0.0528. The molecule has 3 aromatic heterocycles. The summed E-state index contributed by atoms with van der Waals surface area (Å²) in [5.74, 6) is -1.22. The zero-order chi connectivity index (χ0) is 23.4. The number of halogens is 1. The van der Waals surface area contributed by atoms with Gasteiger partial charge in [-0.1, -0.05) is 29.8 Å². The summed E-state index contributed by atoms with van der Waals surface area (Å²) < 4.78 is 6.74. The van der Waals surface area contributed by atoms with E-state index in [9.17, 15) is 14.4 Å². The maximum Gasteiger partial charge on any atom is 0.340 e. The highest BCUT2D eigenvalue weighted by molar-refractivity contribution is 6.31. The van der Waals surface area contributed by atoms with Gasteiger partial charge in [0.1, 0.15) is 0 Å². The molecule has 0 aliphatic carbocycles. The summed E-state index contributed by atoms with van der Waals surface area (Å²) in [6, 6.07) is 16.6. The van der Waals surface area contributed by atoms with Crippen LogP contribution in [0.1, 0.15) is 49.4 Å². The number of nitrogens with one attached hydrogen (secondary N) is 1. The highest BCUT2D eigenvalue weighted by Gasteiger charge is 2.22. The molecule has 1 amide bonds. The molecule has 7 nitrogen and oxygen atoms in total. The minimum Gasteiger partial charge on any atom is -0.462 e. The van der Waals surface area contributed by atoms with Crippen molar-refractivity contribution in [1.82, 2.24) is 14.7 Å². The average molecular weight is 462 g/mol. The fraction of sp³-hybridized carbons (Fsp3) is 0.120. The maximum atomic E-state index is 13.2. The lowest BCUT2D eigenvalue weighted by Crippen LogP contribution is -2.23. The standard InChI is InChI=1S/C25H20ClN3O4/c1-2-33-25(32)20-14-22(23(30)16-6-5-7-18(26)12-16)29-11-9-17(13-21(20)29)24(31)28-15-19-8-3-4-10-27-19/h3-14H,2,15H2,1H3,(H,28,31). The maximum absolute atomic E-state index is 13.2. The van der Waals surface area contributed by atoms with Gasteiger partial charge < -0.3 is 14.5 Å². The van der Waals surface area contributed by atoms with Gasteiger partial charge in [-0.15, -0.1) is 0 Å². The predicted octanol–water partition coefficient (Wildman–Crippen LogP) is 4.33. The van der Waals surface area contributed by atoms with Gasteiger partial charge in [0.15, 0.2) is 0 Å². The average Bonchev–Trinajstić information content (AvgIpc) is 3.22. The van der Waals surface area contributed by atoms with E-state index >= 15 is 0 Å². The number of pyridine rings is 2. The van der Waals surface area contributed by atoms with Crippen molar-refractivity contribution in [3.05, 3.63) is 106 Å². The normalized spacial score (nSPS) is 10.7. The topological polar surface area (TPSA) is 89.8 Å². The summed E-state index contributed by atoms with van der Waals surface area (Å²) in [5, 5.41) is 3.24. The Morgan fingerprint density at radius 2 is 1.88 bits per heavy atom. The monoisotopic (exact) mass is 461 g/mol. The molecule has 1 aromatic carbocycles.